The van der Waals surface area contributed by atoms with Crippen molar-refractivity contribution in [2.45, 2.75) is 24.6 Å². The van der Waals surface area contributed by atoms with Crippen LogP contribution in [0, 0.1) is 17.0 Å². The fourth-order valence-electron chi connectivity index (χ4n) is 2.20. The number of amides is 1. The van der Waals surface area contributed by atoms with E-state index >= 15 is 0 Å². The Balaban J connectivity index is 2.27. The summed E-state index contributed by atoms with van der Waals surface area (Å²) in [5, 5.41) is 11.0. The molecule has 1 saturated heterocycles. The zero-order valence-electron chi connectivity index (χ0n) is 10.6. The lowest BCUT2D eigenvalue weighted by atomic mass is 10.1. The maximum atomic E-state index is 12.4. The molecule has 1 aromatic rings. The lowest BCUT2D eigenvalue weighted by Gasteiger charge is -2.29. The lowest BCUT2D eigenvalue weighted by molar-refractivity contribution is -0.385. The molecule has 0 aliphatic carbocycles. The van der Waals surface area contributed by atoms with Gasteiger partial charge in [0.05, 0.1) is 4.92 Å². The van der Waals surface area contributed by atoms with Crippen molar-refractivity contribution in [3.8, 4) is 0 Å². The van der Waals surface area contributed by atoms with Crippen LogP contribution in [-0.4, -0.2) is 33.6 Å². The van der Waals surface area contributed by atoms with Gasteiger partial charge in [-0.2, -0.15) is 0 Å². The van der Waals surface area contributed by atoms with Crippen LogP contribution in [0.5, 0.6) is 0 Å². The van der Waals surface area contributed by atoms with Crippen molar-refractivity contribution >= 4 is 27.5 Å². The zero-order valence-corrected chi connectivity index (χ0v) is 12.2. The van der Waals surface area contributed by atoms with Crippen molar-refractivity contribution in [1.29, 1.82) is 0 Å². The van der Waals surface area contributed by atoms with Gasteiger partial charge in [-0.3, -0.25) is 14.9 Å². The molecule has 0 spiro atoms. The molecular formula is C13H15BrN2O3. The monoisotopic (exact) mass is 326 g/mol. The predicted octanol–water partition coefficient (Wildman–Crippen LogP) is 2.90. The van der Waals surface area contributed by atoms with Crippen LogP contribution >= 0.6 is 15.9 Å². The quantitative estimate of drug-likeness (QED) is 0.477. The van der Waals surface area contributed by atoms with Crippen LogP contribution in [0.15, 0.2) is 18.2 Å². The summed E-state index contributed by atoms with van der Waals surface area (Å²) < 4.78 is 0. The van der Waals surface area contributed by atoms with E-state index in [-0.39, 0.29) is 17.2 Å². The fraction of sp³-hybridized carbons (Fsp3) is 0.462. The molecule has 1 aliphatic rings. The average Bonchev–Trinajstić information content (AvgIpc) is 2.38. The number of nitrogens with zero attached hydrogens (tertiary/aromatic N) is 2. The van der Waals surface area contributed by atoms with Crippen molar-refractivity contribution in [2.75, 3.05) is 13.1 Å². The molecule has 5 nitrogen and oxygen atoms in total. The highest BCUT2D eigenvalue weighted by Crippen LogP contribution is 2.24. The van der Waals surface area contributed by atoms with Gasteiger partial charge >= 0.3 is 0 Å². The minimum atomic E-state index is -0.496. The molecule has 0 bridgehead atoms. The van der Waals surface area contributed by atoms with Crippen molar-refractivity contribution in [3.05, 3.63) is 39.4 Å². The van der Waals surface area contributed by atoms with Crippen LogP contribution < -0.4 is 0 Å². The van der Waals surface area contributed by atoms with Gasteiger partial charge in [0, 0.05) is 24.0 Å². The standard InChI is InChI=1S/C13H15BrN2O3/c1-9-2-3-12(16(18)19)11(8-9)13(17)15-6-4-10(14)5-7-15/h2-3,8,10H,4-7H2,1H3. The highest BCUT2D eigenvalue weighted by molar-refractivity contribution is 9.09. The predicted molar refractivity (Wildman–Crippen MR) is 75.7 cm³/mol. The Morgan fingerprint density at radius 1 is 1.42 bits per heavy atom. The van der Waals surface area contributed by atoms with Gasteiger partial charge in [-0.15, -0.1) is 0 Å². The second-order valence-corrected chi connectivity index (χ2v) is 6.04. The molecule has 6 heteroatoms. The second kappa shape index (κ2) is 5.69. The Hall–Kier alpha value is -1.43. The van der Waals surface area contributed by atoms with Crippen LogP contribution in [0.3, 0.4) is 0 Å². The number of rotatable bonds is 2. The van der Waals surface area contributed by atoms with Gasteiger partial charge in [0.1, 0.15) is 5.56 Å². The van der Waals surface area contributed by atoms with Gasteiger partial charge in [-0.05, 0) is 31.4 Å². The topological polar surface area (TPSA) is 63.5 Å². The number of piperidine rings is 1. The summed E-state index contributed by atoms with van der Waals surface area (Å²) in [6.45, 7) is 3.10. The highest BCUT2D eigenvalue weighted by Gasteiger charge is 2.27. The van der Waals surface area contributed by atoms with E-state index < -0.39 is 4.92 Å². The average molecular weight is 327 g/mol. The maximum Gasteiger partial charge on any atom is 0.282 e. The van der Waals surface area contributed by atoms with E-state index in [1.165, 1.54) is 6.07 Å². The molecule has 0 radical (unpaired) electrons. The van der Waals surface area contributed by atoms with Crippen molar-refractivity contribution < 1.29 is 9.72 Å². The number of aryl methyl sites for hydroxylation is 1. The van der Waals surface area contributed by atoms with Crippen LogP contribution in [-0.2, 0) is 0 Å². The van der Waals surface area contributed by atoms with E-state index in [4.69, 9.17) is 0 Å². The van der Waals surface area contributed by atoms with Gasteiger partial charge in [-0.25, -0.2) is 0 Å². The summed E-state index contributed by atoms with van der Waals surface area (Å²) in [5.41, 5.74) is 0.930. The molecule has 1 fully saturated rings. The SMILES string of the molecule is Cc1ccc([N+](=O)[O-])c(C(=O)N2CCC(Br)CC2)c1. The fourth-order valence-corrected chi connectivity index (χ4v) is 2.61. The molecular weight excluding hydrogens is 312 g/mol. The minimum Gasteiger partial charge on any atom is -0.338 e. The third-order valence-corrected chi connectivity index (χ3v) is 4.21. The molecule has 2 rings (SSSR count). The number of alkyl halides is 1. The molecule has 1 heterocycles. The Morgan fingerprint density at radius 3 is 2.63 bits per heavy atom. The van der Waals surface area contributed by atoms with Crippen LogP contribution in [0.4, 0.5) is 5.69 Å². The molecule has 1 aliphatic heterocycles. The Labute approximate surface area is 119 Å². The van der Waals surface area contributed by atoms with E-state index in [0.717, 1.165) is 18.4 Å². The van der Waals surface area contributed by atoms with Crippen molar-refractivity contribution in [3.63, 3.8) is 0 Å². The smallest absolute Gasteiger partial charge is 0.282 e. The Bertz CT molecular complexity index is 511. The van der Waals surface area contributed by atoms with Gasteiger partial charge in [-0.1, -0.05) is 22.0 Å². The molecule has 0 unspecified atom stereocenters. The first kappa shape index (κ1) is 14.0. The van der Waals surface area contributed by atoms with Gasteiger partial charge in [0.25, 0.3) is 11.6 Å². The number of hydrogen-bond donors (Lipinski definition) is 0. The number of carbonyl (C=O) groups excluding carboxylic acids is 1. The van der Waals surface area contributed by atoms with Crippen LogP contribution in [0.1, 0.15) is 28.8 Å². The third kappa shape index (κ3) is 3.12. The number of hydrogen-bond acceptors (Lipinski definition) is 3. The first-order chi connectivity index (χ1) is 8.99. The first-order valence-corrected chi connectivity index (χ1v) is 7.09. The maximum absolute atomic E-state index is 12.4. The van der Waals surface area contributed by atoms with Crippen LogP contribution in [0.25, 0.3) is 0 Å². The van der Waals surface area contributed by atoms with Gasteiger partial charge in [0.15, 0.2) is 0 Å². The number of carbonyl (C=O) groups is 1. The summed E-state index contributed by atoms with van der Waals surface area (Å²) in [5.74, 6) is -0.241. The highest BCUT2D eigenvalue weighted by atomic mass is 79.9. The first-order valence-electron chi connectivity index (χ1n) is 6.17. The lowest BCUT2D eigenvalue weighted by Crippen LogP contribution is -2.38. The van der Waals surface area contributed by atoms with E-state index in [1.54, 1.807) is 17.0 Å². The van der Waals surface area contributed by atoms with E-state index in [2.05, 4.69) is 15.9 Å². The number of nitro benzene ring substituents is 1. The van der Waals surface area contributed by atoms with E-state index in [0.29, 0.717) is 17.9 Å². The Kier molecular flexibility index (Phi) is 4.19. The molecule has 0 atom stereocenters. The van der Waals surface area contributed by atoms with Crippen molar-refractivity contribution in [1.82, 2.24) is 4.90 Å². The number of likely N-dealkylation sites (tertiary alicyclic amines) is 1. The summed E-state index contributed by atoms with van der Waals surface area (Å²) in [4.78, 5) is 25.0. The number of benzene rings is 1. The molecule has 0 aromatic heterocycles. The number of nitro groups is 1. The molecule has 102 valence electrons. The van der Waals surface area contributed by atoms with E-state index in [1.807, 2.05) is 6.92 Å². The second-order valence-electron chi connectivity index (χ2n) is 4.74. The van der Waals surface area contributed by atoms with Gasteiger partial charge < -0.3 is 4.90 Å². The molecule has 19 heavy (non-hydrogen) atoms. The summed E-state index contributed by atoms with van der Waals surface area (Å²) in [6, 6.07) is 4.65. The molecule has 0 N–H and O–H groups in total. The molecule has 1 amide bonds. The largest absolute Gasteiger partial charge is 0.338 e. The van der Waals surface area contributed by atoms with Crippen LogP contribution in [0.2, 0.25) is 0 Å². The van der Waals surface area contributed by atoms with E-state index in [9.17, 15) is 14.9 Å². The summed E-state index contributed by atoms with van der Waals surface area (Å²) in [7, 11) is 0. The molecule has 0 saturated carbocycles. The van der Waals surface area contributed by atoms with Gasteiger partial charge in [0.2, 0.25) is 0 Å². The summed E-state index contributed by atoms with van der Waals surface area (Å²) >= 11 is 3.52. The normalized spacial score (nSPS) is 16.4. The third-order valence-electron chi connectivity index (χ3n) is 3.29. The Morgan fingerprint density at radius 2 is 2.05 bits per heavy atom. The minimum absolute atomic E-state index is 0.114. The zero-order chi connectivity index (χ0) is 14.0. The number of halogens is 1. The molecule has 1 aromatic carbocycles. The van der Waals surface area contributed by atoms with Crippen molar-refractivity contribution in [2.24, 2.45) is 0 Å². The summed E-state index contributed by atoms with van der Waals surface area (Å²) in [6.07, 6.45) is 1.76.